The van der Waals surface area contributed by atoms with Crippen molar-refractivity contribution >= 4 is 5.97 Å². The molecule has 88 valence electrons. The molecule has 0 saturated carbocycles. The number of nitrogens with zero attached hydrogens (tertiary/aromatic N) is 1. The third kappa shape index (κ3) is 3.31. The molecule has 1 unspecified atom stereocenters. The van der Waals surface area contributed by atoms with Gasteiger partial charge in [-0.25, -0.2) is 0 Å². The van der Waals surface area contributed by atoms with Crippen molar-refractivity contribution in [2.75, 3.05) is 13.7 Å². The summed E-state index contributed by atoms with van der Waals surface area (Å²) in [6.45, 7) is 4.17. The zero-order valence-corrected chi connectivity index (χ0v) is 9.99. The Morgan fingerprint density at radius 1 is 1.44 bits per heavy atom. The summed E-state index contributed by atoms with van der Waals surface area (Å²) < 4.78 is 4.70. The number of aromatic nitrogens is 1. The Morgan fingerprint density at radius 2 is 2.00 bits per heavy atom. The standard InChI is InChI=1S/C12H18N2O2/c1-8-4-10(5-9(2)14-8)6-11(7-13)12(15)16-3/h4-5,11H,6-7,13H2,1-3H3. The van der Waals surface area contributed by atoms with Crippen LogP contribution in [0.3, 0.4) is 0 Å². The number of esters is 1. The van der Waals surface area contributed by atoms with Crippen LogP contribution >= 0.6 is 0 Å². The highest BCUT2D eigenvalue weighted by atomic mass is 16.5. The highest BCUT2D eigenvalue weighted by molar-refractivity contribution is 5.72. The second-order valence-corrected chi connectivity index (χ2v) is 3.92. The highest BCUT2D eigenvalue weighted by Crippen LogP contribution is 2.12. The largest absolute Gasteiger partial charge is 0.469 e. The van der Waals surface area contributed by atoms with Gasteiger partial charge in [-0.15, -0.1) is 0 Å². The van der Waals surface area contributed by atoms with Crippen molar-refractivity contribution in [1.29, 1.82) is 0 Å². The first-order chi connectivity index (χ1) is 7.56. The summed E-state index contributed by atoms with van der Waals surface area (Å²) in [6.07, 6.45) is 0.605. The van der Waals surface area contributed by atoms with Gasteiger partial charge in [0.2, 0.25) is 0 Å². The van der Waals surface area contributed by atoms with E-state index in [9.17, 15) is 4.79 Å². The summed E-state index contributed by atoms with van der Waals surface area (Å²) in [6, 6.07) is 3.94. The zero-order chi connectivity index (χ0) is 12.1. The molecule has 16 heavy (non-hydrogen) atoms. The molecule has 1 aromatic heterocycles. The lowest BCUT2D eigenvalue weighted by Gasteiger charge is -2.12. The molecule has 1 atom stereocenters. The molecule has 4 nitrogen and oxygen atoms in total. The monoisotopic (exact) mass is 222 g/mol. The van der Waals surface area contributed by atoms with Crippen LogP contribution in [0.25, 0.3) is 0 Å². The number of aryl methyl sites for hydroxylation is 2. The predicted octanol–water partition coefficient (Wildman–Crippen LogP) is 0.989. The van der Waals surface area contributed by atoms with Crippen molar-refractivity contribution in [2.24, 2.45) is 11.7 Å². The summed E-state index contributed by atoms with van der Waals surface area (Å²) in [5.74, 6) is -0.527. The minimum Gasteiger partial charge on any atom is -0.469 e. The smallest absolute Gasteiger partial charge is 0.310 e. The quantitative estimate of drug-likeness (QED) is 0.771. The second kappa shape index (κ2) is 5.61. The van der Waals surface area contributed by atoms with Crippen LogP contribution in [0.15, 0.2) is 12.1 Å². The number of hydrogen-bond donors (Lipinski definition) is 1. The molecular weight excluding hydrogens is 204 g/mol. The van der Waals surface area contributed by atoms with Crippen molar-refractivity contribution in [3.63, 3.8) is 0 Å². The molecule has 1 aromatic rings. The molecule has 0 amide bonds. The van der Waals surface area contributed by atoms with Gasteiger partial charge in [0, 0.05) is 17.9 Å². The second-order valence-electron chi connectivity index (χ2n) is 3.92. The Hall–Kier alpha value is -1.42. The number of methoxy groups -OCH3 is 1. The van der Waals surface area contributed by atoms with E-state index in [-0.39, 0.29) is 11.9 Å². The van der Waals surface area contributed by atoms with Crippen LogP contribution in [0.1, 0.15) is 17.0 Å². The van der Waals surface area contributed by atoms with Gasteiger partial charge in [-0.1, -0.05) is 0 Å². The summed E-state index contributed by atoms with van der Waals surface area (Å²) in [5, 5.41) is 0. The minimum absolute atomic E-state index is 0.255. The van der Waals surface area contributed by atoms with Crippen LogP contribution in [-0.2, 0) is 16.0 Å². The first-order valence-corrected chi connectivity index (χ1v) is 5.29. The molecule has 0 aromatic carbocycles. The zero-order valence-electron chi connectivity index (χ0n) is 9.99. The first kappa shape index (κ1) is 12.6. The van der Waals surface area contributed by atoms with E-state index in [4.69, 9.17) is 10.5 Å². The number of rotatable bonds is 4. The van der Waals surface area contributed by atoms with E-state index in [0.717, 1.165) is 17.0 Å². The van der Waals surface area contributed by atoms with E-state index in [1.807, 2.05) is 26.0 Å². The summed E-state index contributed by atoms with van der Waals surface area (Å²) in [7, 11) is 1.38. The maximum atomic E-state index is 11.4. The number of pyridine rings is 1. The minimum atomic E-state index is -0.272. The average Bonchev–Trinajstić information content (AvgIpc) is 2.23. The van der Waals surface area contributed by atoms with E-state index in [1.54, 1.807) is 0 Å². The highest BCUT2D eigenvalue weighted by Gasteiger charge is 2.18. The number of ether oxygens (including phenoxy) is 1. The molecule has 0 aliphatic carbocycles. The maximum Gasteiger partial charge on any atom is 0.310 e. The molecule has 0 bridgehead atoms. The average molecular weight is 222 g/mol. The molecule has 0 spiro atoms. The normalized spacial score (nSPS) is 12.2. The van der Waals surface area contributed by atoms with Crippen molar-refractivity contribution in [3.05, 3.63) is 29.1 Å². The number of carbonyl (C=O) groups excluding carboxylic acids is 1. The van der Waals surface area contributed by atoms with Crippen molar-refractivity contribution in [2.45, 2.75) is 20.3 Å². The van der Waals surface area contributed by atoms with Crippen LogP contribution in [0, 0.1) is 19.8 Å². The molecule has 2 N–H and O–H groups in total. The van der Waals surface area contributed by atoms with Crippen LogP contribution in [0.4, 0.5) is 0 Å². The Balaban J connectivity index is 2.81. The first-order valence-electron chi connectivity index (χ1n) is 5.29. The topological polar surface area (TPSA) is 65.2 Å². The summed E-state index contributed by atoms with van der Waals surface area (Å²) >= 11 is 0. The number of hydrogen-bond acceptors (Lipinski definition) is 4. The van der Waals surface area contributed by atoms with E-state index in [0.29, 0.717) is 13.0 Å². The lowest BCUT2D eigenvalue weighted by atomic mass is 9.99. The van der Waals surface area contributed by atoms with Gasteiger partial charge in [0.25, 0.3) is 0 Å². The van der Waals surface area contributed by atoms with Crippen LogP contribution in [0.5, 0.6) is 0 Å². The van der Waals surface area contributed by atoms with E-state index >= 15 is 0 Å². The van der Waals surface area contributed by atoms with E-state index in [1.165, 1.54) is 7.11 Å². The third-order valence-corrected chi connectivity index (χ3v) is 2.44. The SMILES string of the molecule is COC(=O)C(CN)Cc1cc(C)nc(C)c1. The van der Waals surface area contributed by atoms with Gasteiger partial charge in [-0.3, -0.25) is 9.78 Å². The van der Waals surface area contributed by atoms with Gasteiger partial charge < -0.3 is 10.5 Å². The maximum absolute atomic E-state index is 11.4. The molecule has 0 aliphatic rings. The molecule has 0 radical (unpaired) electrons. The van der Waals surface area contributed by atoms with Crippen LogP contribution in [-0.4, -0.2) is 24.6 Å². The molecule has 1 heterocycles. The van der Waals surface area contributed by atoms with Crippen LogP contribution in [0.2, 0.25) is 0 Å². The van der Waals surface area contributed by atoms with Crippen molar-refractivity contribution < 1.29 is 9.53 Å². The van der Waals surface area contributed by atoms with Crippen molar-refractivity contribution in [1.82, 2.24) is 4.98 Å². The third-order valence-electron chi connectivity index (χ3n) is 2.44. The Kier molecular flexibility index (Phi) is 4.43. The number of nitrogens with two attached hydrogens (primary N) is 1. The molecule has 0 fully saturated rings. The Bertz CT molecular complexity index is 357. The lowest BCUT2D eigenvalue weighted by molar-refractivity contribution is -0.145. The lowest BCUT2D eigenvalue weighted by Crippen LogP contribution is -2.26. The summed E-state index contributed by atoms with van der Waals surface area (Å²) in [5.41, 5.74) is 8.54. The van der Waals surface area contributed by atoms with Crippen molar-refractivity contribution in [3.8, 4) is 0 Å². The molecule has 1 rings (SSSR count). The van der Waals surface area contributed by atoms with Gasteiger partial charge in [-0.05, 0) is 38.0 Å². The number of carbonyl (C=O) groups is 1. The van der Waals surface area contributed by atoms with Gasteiger partial charge in [0.05, 0.1) is 13.0 Å². The molecular formula is C12H18N2O2. The Labute approximate surface area is 95.8 Å². The molecule has 0 aliphatic heterocycles. The van der Waals surface area contributed by atoms with E-state index < -0.39 is 0 Å². The predicted molar refractivity (Wildman–Crippen MR) is 62.0 cm³/mol. The van der Waals surface area contributed by atoms with E-state index in [2.05, 4.69) is 4.98 Å². The fourth-order valence-corrected chi connectivity index (χ4v) is 1.75. The van der Waals surface area contributed by atoms with Gasteiger partial charge >= 0.3 is 5.97 Å². The Morgan fingerprint density at radius 3 is 2.44 bits per heavy atom. The fraction of sp³-hybridized carbons (Fsp3) is 0.500. The van der Waals surface area contributed by atoms with Gasteiger partial charge in [0.1, 0.15) is 0 Å². The molecule has 4 heteroatoms. The summed E-state index contributed by atoms with van der Waals surface area (Å²) in [4.78, 5) is 15.7. The molecule has 0 saturated heterocycles. The van der Waals surface area contributed by atoms with Gasteiger partial charge in [-0.2, -0.15) is 0 Å². The fourth-order valence-electron chi connectivity index (χ4n) is 1.75. The van der Waals surface area contributed by atoms with Gasteiger partial charge in [0.15, 0.2) is 0 Å². The van der Waals surface area contributed by atoms with Crippen LogP contribution < -0.4 is 5.73 Å².